The predicted molar refractivity (Wildman–Crippen MR) is 122 cm³/mol. The van der Waals surface area contributed by atoms with Crippen LogP contribution in [0.5, 0.6) is 0 Å². The molecule has 0 saturated heterocycles. The lowest BCUT2D eigenvalue weighted by molar-refractivity contribution is -0.147. The molecular formula is C24H27N5O4. The quantitative estimate of drug-likeness (QED) is 0.434. The molecule has 0 fully saturated rings. The Bertz CT molecular complexity index is 1140. The molecule has 1 unspecified atom stereocenters. The Morgan fingerprint density at radius 1 is 1.03 bits per heavy atom. The molecule has 0 aliphatic heterocycles. The van der Waals surface area contributed by atoms with E-state index in [1.807, 2.05) is 52.0 Å². The molecule has 0 bridgehead atoms. The average molecular weight is 450 g/mol. The van der Waals surface area contributed by atoms with E-state index in [1.165, 1.54) is 6.92 Å². The van der Waals surface area contributed by atoms with Gasteiger partial charge in [0.05, 0.1) is 0 Å². The third-order valence-electron chi connectivity index (χ3n) is 4.82. The summed E-state index contributed by atoms with van der Waals surface area (Å²) in [4.78, 5) is 38.1. The number of ketones is 1. The number of aryl methyl sites for hydroxylation is 1. The maximum absolute atomic E-state index is 12.6. The van der Waals surface area contributed by atoms with Crippen molar-refractivity contribution in [2.45, 2.75) is 47.3 Å². The normalized spacial score (nSPS) is 12.2. The SMILES string of the molecule is Cc1ccc(-c2nnn(CC(=O)OC(C)C(=O)c3ccc(NC(=O)C(C)(C)C)cc3)n2)cc1. The summed E-state index contributed by atoms with van der Waals surface area (Å²) in [7, 11) is 0. The predicted octanol–water partition coefficient (Wildman–Crippen LogP) is 3.45. The van der Waals surface area contributed by atoms with Gasteiger partial charge in [0, 0.05) is 22.2 Å². The van der Waals surface area contributed by atoms with Gasteiger partial charge in [0.15, 0.2) is 12.6 Å². The van der Waals surface area contributed by atoms with Gasteiger partial charge in [-0.25, -0.2) is 4.79 Å². The summed E-state index contributed by atoms with van der Waals surface area (Å²) in [5.41, 5.74) is 2.31. The highest BCUT2D eigenvalue weighted by atomic mass is 16.5. The zero-order valence-electron chi connectivity index (χ0n) is 19.3. The maximum Gasteiger partial charge on any atom is 0.330 e. The van der Waals surface area contributed by atoms with Crippen molar-refractivity contribution in [3.63, 3.8) is 0 Å². The molecule has 9 heteroatoms. The molecule has 0 saturated carbocycles. The van der Waals surface area contributed by atoms with Gasteiger partial charge >= 0.3 is 5.97 Å². The van der Waals surface area contributed by atoms with Crippen molar-refractivity contribution in [3.8, 4) is 11.4 Å². The van der Waals surface area contributed by atoms with Gasteiger partial charge in [0.1, 0.15) is 0 Å². The molecule has 9 nitrogen and oxygen atoms in total. The van der Waals surface area contributed by atoms with E-state index in [0.717, 1.165) is 15.9 Å². The Morgan fingerprint density at radius 2 is 1.67 bits per heavy atom. The summed E-state index contributed by atoms with van der Waals surface area (Å²) in [6, 6.07) is 14.0. The van der Waals surface area contributed by atoms with E-state index >= 15 is 0 Å². The van der Waals surface area contributed by atoms with Gasteiger partial charge in [-0.3, -0.25) is 9.59 Å². The Morgan fingerprint density at radius 3 is 2.27 bits per heavy atom. The Kier molecular flexibility index (Phi) is 7.01. The second-order valence-electron chi connectivity index (χ2n) is 8.79. The molecule has 0 radical (unpaired) electrons. The minimum Gasteiger partial charge on any atom is -0.453 e. The number of benzene rings is 2. The van der Waals surface area contributed by atoms with Crippen LogP contribution >= 0.6 is 0 Å². The Labute approximate surface area is 192 Å². The van der Waals surface area contributed by atoms with E-state index in [1.54, 1.807) is 24.3 Å². The number of aromatic nitrogens is 4. The number of hydrogen-bond acceptors (Lipinski definition) is 7. The zero-order valence-corrected chi connectivity index (χ0v) is 19.3. The molecule has 33 heavy (non-hydrogen) atoms. The van der Waals surface area contributed by atoms with E-state index in [9.17, 15) is 14.4 Å². The standard InChI is InChI=1S/C24H27N5O4/c1-15-6-8-18(9-7-15)22-26-28-29(27-22)14-20(30)33-16(2)21(31)17-10-12-19(13-11-17)25-23(32)24(3,4)5/h6-13,16H,14H2,1-5H3,(H,25,32). The van der Waals surface area contributed by atoms with Gasteiger partial charge in [-0.05, 0) is 43.3 Å². The van der Waals surface area contributed by atoms with Gasteiger partial charge in [0.25, 0.3) is 0 Å². The number of amides is 1. The summed E-state index contributed by atoms with van der Waals surface area (Å²) >= 11 is 0. The highest BCUT2D eigenvalue weighted by Gasteiger charge is 2.23. The molecule has 0 aliphatic rings. The highest BCUT2D eigenvalue weighted by Crippen LogP contribution is 2.19. The first-order valence-corrected chi connectivity index (χ1v) is 10.5. The highest BCUT2D eigenvalue weighted by molar-refractivity contribution is 6.01. The molecule has 1 N–H and O–H groups in total. The maximum atomic E-state index is 12.6. The molecular weight excluding hydrogens is 422 g/mol. The smallest absolute Gasteiger partial charge is 0.330 e. The number of anilines is 1. The second-order valence-corrected chi connectivity index (χ2v) is 8.79. The summed E-state index contributed by atoms with van der Waals surface area (Å²) < 4.78 is 5.25. The monoisotopic (exact) mass is 449 g/mol. The Balaban J connectivity index is 1.56. The lowest BCUT2D eigenvalue weighted by atomic mass is 9.95. The molecule has 1 aromatic heterocycles. The van der Waals surface area contributed by atoms with Crippen LogP contribution in [0.2, 0.25) is 0 Å². The number of Topliss-reactive ketones (excluding diaryl/α,β-unsaturated/α-hetero) is 1. The van der Waals surface area contributed by atoms with Crippen LogP contribution in [0.25, 0.3) is 11.4 Å². The minimum atomic E-state index is -0.993. The number of nitrogens with one attached hydrogen (secondary N) is 1. The topological polar surface area (TPSA) is 116 Å². The van der Waals surface area contributed by atoms with Gasteiger partial charge in [-0.15, -0.1) is 10.2 Å². The number of tetrazole rings is 1. The molecule has 3 rings (SSSR count). The zero-order chi connectivity index (χ0) is 24.2. The number of rotatable bonds is 7. The molecule has 0 aliphatic carbocycles. The number of hydrogen-bond donors (Lipinski definition) is 1. The van der Waals surface area contributed by atoms with Crippen molar-refractivity contribution in [2.75, 3.05) is 5.32 Å². The van der Waals surface area contributed by atoms with Crippen molar-refractivity contribution in [1.82, 2.24) is 20.2 Å². The van der Waals surface area contributed by atoms with Gasteiger partial charge in [0.2, 0.25) is 17.5 Å². The third kappa shape index (κ3) is 6.31. The number of carbonyl (C=O) groups is 3. The van der Waals surface area contributed by atoms with E-state index in [0.29, 0.717) is 17.1 Å². The lowest BCUT2D eigenvalue weighted by Gasteiger charge is -2.18. The molecule has 1 amide bonds. The summed E-state index contributed by atoms with van der Waals surface area (Å²) in [6.45, 7) is 8.65. The van der Waals surface area contributed by atoms with Crippen LogP contribution in [-0.2, 0) is 20.9 Å². The third-order valence-corrected chi connectivity index (χ3v) is 4.82. The molecule has 3 aromatic rings. The van der Waals surface area contributed by atoms with E-state index in [-0.39, 0.29) is 18.2 Å². The number of ether oxygens (including phenoxy) is 1. The first kappa shape index (κ1) is 23.8. The van der Waals surface area contributed by atoms with Crippen LogP contribution in [0.3, 0.4) is 0 Å². The number of carbonyl (C=O) groups excluding carboxylic acids is 3. The first-order chi connectivity index (χ1) is 15.5. The molecule has 1 atom stereocenters. The van der Waals surface area contributed by atoms with Crippen LogP contribution < -0.4 is 5.32 Å². The Hall–Kier alpha value is -3.88. The van der Waals surface area contributed by atoms with Crippen molar-refractivity contribution in [1.29, 1.82) is 0 Å². The fraction of sp³-hybridized carbons (Fsp3) is 0.333. The number of esters is 1. The van der Waals surface area contributed by atoms with Crippen LogP contribution in [0.1, 0.15) is 43.6 Å². The largest absolute Gasteiger partial charge is 0.453 e. The minimum absolute atomic E-state index is 0.129. The van der Waals surface area contributed by atoms with Crippen molar-refractivity contribution >= 4 is 23.3 Å². The van der Waals surface area contributed by atoms with Crippen molar-refractivity contribution < 1.29 is 19.1 Å². The van der Waals surface area contributed by atoms with Crippen LogP contribution in [0.4, 0.5) is 5.69 Å². The van der Waals surface area contributed by atoms with E-state index < -0.39 is 17.5 Å². The molecule has 0 spiro atoms. The number of nitrogens with zero attached hydrogens (tertiary/aromatic N) is 4. The van der Waals surface area contributed by atoms with Crippen molar-refractivity contribution in [3.05, 3.63) is 59.7 Å². The first-order valence-electron chi connectivity index (χ1n) is 10.5. The van der Waals surface area contributed by atoms with Crippen LogP contribution in [-0.4, -0.2) is 44.0 Å². The molecule has 2 aromatic carbocycles. The van der Waals surface area contributed by atoms with Gasteiger partial charge in [-0.2, -0.15) is 4.80 Å². The van der Waals surface area contributed by atoms with E-state index in [4.69, 9.17) is 4.74 Å². The van der Waals surface area contributed by atoms with Crippen LogP contribution in [0, 0.1) is 12.3 Å². The summed E-state index contributed by atoms with van der Waals surface area (Å²) in [6.07, 6.45) is -0.993. The lowest BCUT2D eigenvalue weighted by Crippen LogP contribution is -2.28. The molecule has 172 valence electrons. The molecule has 1 heterocycles. The second kappa shape index (κ2) is 9.72. The van der Waals surface area contributed by atoms with Crippen molar-refractivity contribution in [2.24, 2.45) is 5.41 Å². The fourth-order valence-corrected chi connectivity index (χ4v) is 2.80. The summed E-state index contributed by atoms with van der Waals surface area (Å²) in [5, 5.41) is 14.8. The van der Waals surface area contributed by atoms with Crippen LogP contribution in [0.15, 0.2) is 48.5 Å². The fourth-order valence-electron chi connectivity index (χ4n) is 2.80. The van der Waals surface area contributed by atoms with Gasteiger partial charge in [-0.1, -0.05) is 50.6 Å². The average Bonchev–Trinajstić information content (AvgIpc) is 3.21. The van der Waals surface area contributed by atoms with Gasteiger partial charge < -0.3 is 10.1 Å². The van der Waals surface area contributed by atoms with E-state index in [2.05, 4.69) is 20.7 Å². The summed E-state index contributed by atoms with van der Waals surface area (Å²) in [5.74, 6) is -0.747.